The van der Waals surface area contributed by atoms with Gasteiger partial charge in [-0.15, -0.1) is 0 Å². The highest BCUT2D eigenvalue weighted by atomic mass is 15.1. The highest BCUT2D eigenvalue weighted by Crippen LogP contribution is 2.34. The average molecular weight is 289 g/mol. The topological polar surface area (TPSA) is 3.24 Å². The van der Waals surface area contributed by atoms with Gasteiger partial charge in [-0.25, -0.2) is 0 Å². The molecule has 3 rings (SSSR count). The van der Waals surface area contributed by atoms with Gasteiger partial charge in [-0.3, -0.25) is 0 Å². The van der Waals surface area contributed by atoms with Gasteiger partial charge in [-0.05, 0) is 37.5 Å². The van der Waals surface area contributed by atoms with Crippen molar-refractivity contribution >= 4 is 5.57 Å². The van der Waals surface area contributed by atoms with E-state index in [1.807, 2.05) is 0 Å². The van der Waals surface area contributed by atoms with E-state index in [2.05, 4.69) is 93.5 Å². The highest BCUT2D eigenvalue weighted by molar-refractivity contribution is 5.80. The Kier molecular flexibility index (Phi) is 3.89. The van der Waals surface area contributed by atoms with Crippen molar-refractivity contribution in [2.45, 2.75) is 26.8 Å². The van der Waals surface area contributed by atoms with Crippen LogP contribution in [0.25, 0.3) is 5.57 Å². The first kappa shape index (κ1) is 14.6. The third-order valence-electron chi connectivity index (χ3n) is 4.28. The lowest BCUT2D eigenvalue weighted by Crippen LogP contribution is -2.21. The third-order valence-corrected chi connectivity index (χ3v) is 4.28. The molecule has 1 heterocycles. The predicted molar refractivity (Wildman–Crippen MR) is 94.6 cm³/mol. The first-order valence-corrected chi connectivity index (χ1v) is 7.81. The van der Waals surface area contributed by atoms with E-state index in [9.17, 15) is 0 Å². The molecule has 1 atom stereocenters. The standard InChI is InChI=1S/C21H23N/c1-15-10-16(2)12-19(11-15)20-14-22(4)21(13-17(20)3)18-8-6-5-7-9-18/h5-14,21H,1-4H3. The summed E-state index contributed by atoms with van der Waals surface area (Å²) in [5.41, 5.74) is 7.94. The van der Waals surface area contributed by atoms with Gasteiger partial charge >= 0.3 is 0 Å². The fourth-order valence-corrected chi connectivity index (χ4v) is 3.24. The molecule has 0 amide bonds. The Balaban J connectivity index is 1.98. The van der Waals surface area contributed by atoms with Crippen LogP contribution in [0, 0.1) is 13.8 Å². The number of nitrogens with zero attached hydrogens (tertiary/aromatic N) is 1. The SMILES string of the molecule is CC1=CC(c2ccccc2)N(C)C=C1c1cc(C)cc(C)c1. The molecule has 112 valence electrons. The monoisotopic (exact) mass is 289 g/mol. The fraction of sp³-hybridized carbons (Fsp3) is 0.238. The molecular weight excluding hydrogens is 266 g/mol. The van der Waals surface area contributed by atoms with Crippen molar-refractivity contribution in [1.82, 2.24) is 4.90 Å². The summed E-state index contributed by atoms with van der Waals surface area (Å²) in [4.78, 5) is 2.30. The molecular formula is C21H23N. The van der Waals surface area contributed by atoms with Crippen LogP contribution in [0.2, 0.25) is 0 Å². The first-order chi connectivity index (χ1) is 10.5. The molecule has 1 heteroatoms. The Morgan fingerprint density at radius 2 is 1.50 bits per heavy atom. The van der Waals surface area contributed by atoms with Crippen molar-refractivity contribution in [3.05, 3.63) is 88.6 Å². The van der Waals surface area contributed by atoms with E-state index in [4.69, 9.17) is 0 Å². The zero-order chi connectivity index (χ0) is 15.7. The smallest absolute Gasteiger partial charge is 0.0723 e. The Bertz CT molecular complexity index is 718. The summed E-state index contributed by atoms with van der Waals surface area (Å²) >= 11 is 0. The van der Waals surface area contributed by atoms with Gasteiger partial charge in [0, 0.05) is 18.8 Å². The Morgan fingerprint density at radius 3 is 2.14 bits per heavy atom. The van der Waals surface area contributed by atoms with Crippen LogP contribution in [-0.4, -0.2) is 11.9 Å². The molecule has 0 aromatic heterocycles. The number of hydrogen-bond donors (Lipinski definition) is 0. The molecule has 0 saturated heterocycles. The highest BCUT2D eigenvalue weighted by Gasteiger charge is 2.19. The maximum atomic E-state index is 2.36. The minimum absolute atomic E-state index is 0.316. The molecule has 0 N–H and O–H groups in total. The van der Waals surface area contributed by atoms with E-state index < -0.39 is 0 Å². The number of aryl methyl sites for hydroxylation is 2. The molecule has 0 fully saturated rings. The van der Waals surface area contributed by atoms with E-state index in [1.54, 1.807) is 0 Å². The maximum absolute atomic E-state index is 2.36. The normalized spacial score (nSPS) is 18.0. The van der Waals surface area contributed by atoms with Crippen LogP contribution in [0.5, 0.6) is 0 Å². The zero-order valence-corrected chi connectivity index (χ0v) is 13.8. The molecule has 0 spiro atoms. The van der Waals surface area contributed by atoms with Crippen molar-refractivity contribution in [2.75, 3.05) is 7.05 Å². The summed E-state index contributed by atoms with van der Waals surface area (Å²) in [6, 6.07) is 17.8. The van der Waals surface area contributed by atoms with Crippen molar-refractivity contribution in [2.24, 2.45) is 0 Å². The Hall–Kier alpha value is -2.28. The van der Waals surface area contributed by atoms with Crippen LogP contribution >= 0.6 is 0 Å². The van der Waals surface area contributed by atoms with Crippen LogP contribution in [0.3, 0.4) is 0 Å². The quantitative estimate of drug-likeness (QED) is 0.727. The van der Waals surface area contributed by atoms with Gasteiger partial charge in [0.25, 0.3) is 0 Å². The van der Waals surface area contributed by atoms with Crippen molar-refractivity contribution in [1.29, 1.82) is 0 Å². The van der Waals surface area contributed by atoms with E-state index in [0.717, 1.165) is 0 Å². The second kappa shape index (κ2) is 5.84. The number of rotatable bonds is 2. The van der Waals surface area contributed by atoms with Gasteiger partial charge in [0.2, 0.25) is 0 Å². The Morgan fingerprint density at radius 1 is 0.864 bits per heavy atom. The van der Waals surface area contributed by atoms with Crippen LogP contribution in [0.4, 0.5) is 0 Å². The number of benzene rings is 2. The fourth-order valence-electron chi connectivity index (χ4n) is 3.24. The maximum Gasteiger partial charge on any atom is 0.0723 e. The summed E-state index contributed by atoms with van der Waals surface area (Å²) in [5, 5.41) is 0. The lowest BCUT2D eigenvalue weighted by Gasteiger charge is -2.31. The third kappa shape index (κ3) is 2.85. The first-order valence-electron chi connectivity index (χ1n) is 7.81. The second-order valence-electron chi connectivity index (χ2n) is 6.29. The molecule has 0 aliphatic carbocycles. The minimum Gasteiger partial charge on any atom is -0.369 e. The van der Waals surface area contributed by atoms with Gasteiger partial charge in [-0.2, -0.15) is 0 Å². The van der Waals surface area contributed by atoms with E-state index >= 15 is 0 Å². The molecule has 1 aliphatic rings. The van der Waals surface area contributed by atoms with E-state index in [1.165, 1.54) is 33.4 Å². The zero-order valence-electron chi connectivity index (χ0n) is 13.8. The van der Waals surface area contributed by atoms with Crippen molar-refractivity contribution in [3.8, 4) is 0 Å². The number of hydrogen-bond acceptors (Lipinski definition) is 1. The average Bonchev–Trinajstić information content (AvgIpc) is 2.49. The summed E-state index contributed by atoms with van der Waals surface area (Å²) in [6.07, 6.45) is 4.64. The molecule has 0 radical (unpaired) electrons. The molecule has 1 unspecified atom stereocenters. The van der Waals surface area contributed by atoms with Crippen LogP contribution in [0.15, 0.2) is 66.4 Å². The lowest BCUT2D eigenvalue weighted by atomic mass is 9.91. The molecule has 1 aliphatic heterocycles. The molecule has 2 aromatic rings. The van der Waals surface area contributed by atoms with Gasteiger partial charge in [0.15, 0.2) is 0 Å². The summed E-state index contributed by atoms with van der Waals surface area (Å²) in [5.74, 6) is 0. The van der Waals surface area contributed by atoms with Gasteiger partial charge in [0.05, 0.1) is 6.04 Å². The van der Waals surface area contributed by atoms with E-state index in [-0.39, 0.29) is 0 Å². The Labute approximate surface area is 133 Å². The molecule has 0 bridgehead atoms. The molecule has 0 saturated carbocycles. The minimum atomic E-state index is 0.316. The second-order valence-corrected chi connectivity index (χ2v) is 6.29. The summed E-state index contributed by atoms with van der Waals surface area (Å²) < 4.78 is 0. The van der Waals surface area contributed by atoms with E-state index in [0.29, 0.717) is 6.04 Å². The lowest BCUT2D eigenvalue weighted by molar-refractivity contribution is 0.390. The number of allylic oxidation sites excluding steroid dienone is 2. The summed E-state index contributed by atoms with van der Waals surface area (Å²) in [7, 11) is 2.16. The summed E-state index contributed by atoms with van der Waals surface area (Å²) in [6.45, 7) is 6.54. The van der Waals surface area contributed by atoms with Gasteiger partial charge in [-0.1, -0.05) is 65.7 Å². The van der Waals surface area contributed by atoms with Gasteiger partial charge < -0.3 is 4.90 Å². The van der Waals surface area contributed by atoms with Crippen molar-refractivity contribution in [3.63, 3.8) is 0 Å². The largest absolute Gasteiger partial charge is 0.369 e. The number of likely N-dealkylation sites (N-methyl/N-ethyl adjacent to an activating group) is 1. The molecule has 2 aromatic carbocycles. The molecule has 1 nitrogen and oxygen atoms in total. The van der Waals surface area contributed by atoms with Crippen LogP contribution < -0.4 is 0 Å². The van der Waals surface area contributed by atoms with Crippen LogP contribution in [0.1, 0.15) is 35.2 Å². The van der Waals surface area contributed by atoms with Gasteiger partial charge in [0.1, 0.15) is 0 Å². The van der Waals surface area contributed by atoms with Crippen molar-refractivity contribution < 1.29 is 0 Å². The van der Waals surface area contributed by atoms with Crippen LogP contribution in [-0.2, 0) is 0 Å². The predicted octanol–water partition coefficient (Wildman–Crippen LogP) is 5.28. The molecule has 22 heavy (non-hydrogen) atoms.